The average molecular weight is 290 g/mol. The fourth-order valence-corrected chi connectivity index (χ4v) is 3.18. The molecule has 3 aromatic rings. The van der Waals surface area contributed by atoms with E-state index < -0.39 is 0 Å². The lowest BCUT2D eigenvalue weighted by Crippen LogP contribution is -2.05. The van der Waals surface area contributed by atoms with Gasteiger partial charge in [0.1, 0.15) is 23.8 Å². The molecule has 0 bridgehead atoms. The summed E-state index contributed by atoms with van der Waals surface area (Å²) in [5.41, 5.74) is 2.52. The zero-order valence-electron chi connectivity index (χ0n) is 11.0. The van der Waals surface area contributed by atoms with Crippen molar-refractivity contribution < 1.29 is 4.52 Å². The van der Waals surface area contributed by atoms with Gasteiger partial charge in [-0.25, -0.2) is 15.0 Å². The van der Waals surface area contributed by atoms with Gasteiger partial charge in [0.15, 0.2) is 5.65 Å². The van der Waals surface area contributed by atoms with Crippen LogP contribution in [0.2, 0.25) is 0 Å². The van der Waals surface area contributed by atoms with E-state index in [1.165, 1.54) is 0 Å². The maximum Gasteiger partial charge on any atom is 0.164 e. The summed E-state index contributed by atoms with van der Waals surface area (Å²) in [5.74, 6) is 0.749. The van der Waals surface area contributed by atoms with Gasteiger partial charge >= 0.3 is 0 Å². The van der Waals surface area contributed by atoms with Gasteiger partial charge in [0, 0.05) is 11.0 Å². The number of hydrogen-bond donors (Lipinski definition) is 0. The zero-order valence-corrected chi connectivity index (χ0v) is 11.8. The minimum absolute atomic E-state index is 0.261. The average Bonchev–Trinajstić information content (AvgIpc) is 3.13. The van der Waals surface area contributed by atoms with E-state index in [0.29, 0.717) is 0 Å². The van der Waals surface area contributed by atoms with Gasteiger partial charge < -0.3 is 9.09 Å². The van der Waals surface area contributed by atoms with Crippen molar-refractivity contribution in [2.45, 2.75) is 30.9 Å². The Morgan fingerprint density at radius 2 is 2.35 bits per heavy atom. The highest BCUT2D eigenvalue weighted by atomic mass is 32.2. The SMILES string of the molecule is CCCC(SCc1conn1)n1cnc2cncnc21. The van der Waals surface area contributed by atoms with E-state index in [4.69, 9.17) is 4.52 Å². The van der Waals surface area contributed by atoms with E-state index in [2.05, 4.69) is 36.8 Å². The highest BCUT2D eigenvalue weighted by molar-refractivity contribution is 7.98. The van der Waals surface area contributed by atoms with Gasteiger partial charge in [0.25, 0.3) is 0 Å². The maximum atomic E-state index is 4.75. The van der Waals surface area contributed by atoms with Gasteiger partial charge in [0.05, 0.1) is 17.9 Å². The van der Waals surface area contributed by atoms with E-state index in [0.717, 1.165) is 35.5 Å². The van der Waals surface area contributed by atoms with Gasteiger partial charge in [-0.05, 0) is 6.42 Å². The Bertz CT molecular complexity index is 667. The summed E-state index contributed by atoms with van der Waals surface area (Å²) in [4.78, 5) is 12.7. The van der Waals surface area contributed by atoms with Gasteiger partial charge in [0.2, 0.25) is 0 Å². The monoisotopic (exact) mass is 290 g/mol. The topological polar surface area (TPSA) is 82.5 Å². The second-order valence-electron chi connectivity index (χ2n) is 4.33. The minimum Gasteiger partial charge on any atom is -0.345 e. The number of aromatic nitrogens is 6. The van der Waals surface area contributed by atoms with Crippen molar-refractivity contribution in [2.24, 2.45) is 0 Å². The fraction of sp³-hybridized carbons (Fsp3) is 0.417. The molecule has 20 heavy (non-hydrogen) atoms. The molecule has 0 fully saturated rings. The third-order valence-electron chi connectivity index (χ3n) is 2.91. The van der Waals surface area contributed by atoms with E-state index in [1.807, 2.05) is 6.33 Å². The van der Waals surface area contributed by atoms with Crippen LogP contribution in [0.5, 0.6) is 0 Å². The van der Waals surface area contributed by atoms with Crippen molar-refractivity contribution in [1.29, 1.82) is 0 Å². The van der Waals surface area contributed by atoms with Crippen LogP contribution < -0.4 is 0 Å². The molecule has 0 amide bonds. The number of nitrogens with zero attached hydrogens (tertiary/aromatic N) is 6. The first kappa shape index (κ1) is 13.0. The first-order valence-electron chi connectivity index (χ1n) is 6.38. The summed E-state index contributed by atoms with van der Waals surface area (Å²) in [6.07, 6.45) is 8.80. The normalized spacial score (nSPS) is 12.8. The van der Waals surface area contributed by atoms with Crippen LogP contribution in [0, 0.1) is 0 Å². The molecule has 3 rings (SSSR count). The molecular weight excluding hydrogens is 276 g/mol. The first-order chi connectivity index (χ1) is 9.88. The predicted octanol–water partition coefficient (Wildman–Crippen LogP) is 2.44. The van der Waals surface area contributed by atoms with Gasteiger partial charge in [-0.15, -0.1) is 16.9 Å². The standard InChI is InChI=1S/C12H14N6OS/c1-2-3-11(20-6-9-5-19-17-16-9)18-8-15-10-4-13-7-14-12(10)18/h4-5,7-8,11H,2-3,6H2,1H3. The molecule has 1 atom stereocenters. The lowest BCUT2D eigenvalue weighted by molar-refractivity contribution is 0.393. The Morgan fingerprint density at radius 3 is 3.15 bits per heavy atom. The molecule has 0 saturated carbocycles. The number of fused-ring (bicyclic) bond motifs is 1. The third-order valence-corrected chi connectivity index (χ3v) is 4.22. The highest BCUT2D eigenvalue weighted by Gasteiger charge is 2.15. The maximum absolute atomic E-state index is 4.75. The summed E-state index contributed by atoms with van der Waals surface area (Å²) in [6, 6.07) is 0. The van der Waals surface area contributed by atoms with E-state index >= 15 is 0 Å². The summed E-state index contributed by atoms with van der Waals surface area (Å²) in [6.45, 7) is 2.17. The molecule has 0 N–H and O–H groups in total. The van der Waals surface area contributed by atoms with Crippen LogP contribution in [-0.2, 0) is 5.75 Å². The summed E-state index contributed by atoms with van der Waals surface area (Å²) in [5, 5.41) is 7.65. The summed E-state index contributed by atoms with van der Waals surface area (Å²) >= 11 is 1.78. The smallest absolute Gasteiger partial charge is 0.164 e. The number of rotatable bonds is 6. The van der Waals surface area contributed by atoms with Gasteiger partial charge in [-0.2, -0.15) is 0 Å². The fourth-order valence-electron chi connectivity index (χ4n) is 1.97. The summed E-state index contributed by atoms with van der Waals surface area (Å²) in [7, 11) is 0. The van der Waals surface area contributed by atoms with Gasteiger partial charge in [-0.1, -0.05) is 13.3 Å². The zero-order chi connectivity index (χ0) is 13.8. The highest BCUT2D eigenvalue weighted by Crippen LogP contribution is 2.32. The molecule has 3 aromatic heterocycles. The van der Waals surface area contributed by atoms with Crippen LogP contribution in [0.3, 0.4) is 0 Å². The molecule has 0 aliphatic rings. The lowest BCUT2D eigenvalue weighted by atomic mass is 10.3. The van der Waals surface area contributed by atoms with Crippen molar-refractivity contribution in [1.82, 2.24) is 29.9 Å². The Balaban J connectivity index is 1.82. The van der Waals surface area contributed by atoms with Crippen LogP contribution >= 0.6 is 11.8 Å². The molecule has 0 saturated heterocycles. The molecule has 0 aliphatic heterocycles. The number of imidazole rings is 1. The quantitative estimate of drug-likeness (QED) is 0.689. The van der Waals surface area contributed by atoms with Crippen LogP contribution in [0.15, 0.2) is 29.6 Å². The molecule has 3 heterocycles. The molecule has 1 unspecified atom stereocenters. The Labute approximate surface area is 119 Å². The third kappa shape index (κ3) is 2.64. The summed E-state index contributed by atoms with van der Waals surface area (Å²) < 4.78 is 6.85. The van der Waals surface area contributed by atoms with Crippen LogP contribution in [0.25, 0.3) is 11.2 Å². The van der Waals surface area contributed by atoms with E-state index in [-0.39, 0.29) is 5.37 Å². The molecule has 0 radical (unpaired) electrons. The van der Waals surface area contributed by atoms with Crippen molar-refractivity contribution in [3.05, 3.63) is 30.8 Å². The van der Waals surface area contributed by atoms with E-state index in [1.54, 1.807) is 30.5 Å². The Morgan fingerprint density at radius 1 is 1.40 bits per heavy atom. The lowest BCUT2D eigenvalue weighted by Gasteiger charge is -2.17. The second-order valence-corrected chi connectivity index (χ2v) is 5.50. The largest absolute Gasteiger partial charge is 0.345 e. The number of thioether (sulfide) groups is 1. The minimum atomic E-state index is 0.261. The van der Waals surface area contributed by atoms with Gasteiger partial charge in [-0.3, -0.25) is 0 Å². The van der Waals surface area contributed by atoms with Crippen molar-refractivity contribution in [3.8, 4) is 0 Å². The predicted molar refractivity (Wildman–Crippen MR) is 74.9 cm³/mol. The molecule has 7 nitrogen and oxygen atoms in total. The van der Waals surface area contributed by atoms with Crippen molar-refractivity contribution in [3.63, 3.8) is 0 Å². The van der Waals surface area contributed by atoms with Crippen LogP contribution in [-0.4, -0.2) is 29.9 Å². The van der Waals surface area contributed by atoms with Crippen LogP contribution in [0.1, 0.15) is 30.8 Å². The first-order valence-corrected chi connectivity index (χ1v) is 7.43. The molecule has 0 aromatic carbocycles. The Hall–Kier alpha value is -1.96. The number of hydrogen-bond acceptors (Lipinski definition) is 7. The molecular formula is C12H14N6OS. The molecule has 0 spiro atoms. The van der Waals surface area contributed by atoms with E-state index in [9.17, 15) is 0 Å². The van der Waals surface area contributed by atoms with Crippen LogP contribution in [0.4, 0.5) is 0 Å². The Kier molecular flexibility index (Phi) is 3.91. The molecule has 0 aliphatic carbocycles. The molecule has 8 heteroatoms. The van der Waals surface area contributed by atoms with Crippen molar-refractivity contribution in [2.75, 3.05) is 0 Å². The van der Waals surface area contributed by atoms with Crippen molar-refractivity contribution >= 4 is 22.9 Å². The molecule has 104 valence electrons. The second kappa shape index (κ2) is 6.00.